The second-order valence-corrected chi connectivity index (χ2v) is 12.1. The van der Waals surface area contributed by atoms with Gasteiger partial charge in [-0.2, -0.15) is 4.98 Å². The van der Waals surface area contributed by atoms with Crippen LogP contribution < -0.4 is 15.0 Å². The van der Waals surface area contributed by atoms with E-state index in [-0.39, 0.29) is 53.3 Å². The van der Waals surface area contributed by atoms with E-state index in [4.69, 9.17) is 30.8 Å². The number of anilines is 2. The van der Waals surface area contributed by atoms with Crippen LogP contribution in [0.5, 0.6) is 5.75 Å². The van der Waals surface area contributed by atoms with Gasteiger partial charge in [-0.05, 0) is 62.2 Å². The summed E-state index contributed by atoms with van der Waals surface area (Å²) in [6.07, 6.45) is 0.128. The number of hydrogen-bond acceptors (Lipinski definition) is 9. The van der Waals surface area contributed by atoms with Crippen molar-refractivity contribution in [3.05, 3.63) is 53.3 Å². The van der Waals surface area contributed by atoms with Crippen molar-refractivity contribution < 1.29 is 23.4 Å². The summed E-state index contributed by atoms with van der Waals surface area (Å²) < 4.78 is 32.7. The third-order valence-corrected chi connectivity index (χ3v) is 8.05. The molecule has 1 fully saturated rings. The Morgan fingerprint density at radius 3 is 2.52 bits per heavy atom. The molecule has 0 aliphatic carbocycles. The van der Waals surface area contributed by atoms with Crippen LogP contribution >= 0.6 is 11.6 Å². The van der Waals surface area contributed by atoms with Crippen LogP contribution in [-0.2, 0) is 14.3 Å². The molecule has 234 valence electrons. The highest BCUT2D eigenvalue weighted by atomic mass is 35.5. The summed E-state index contributed by atoms with van der Waals surface area (Å²) >= 11 is 6.93. The van der Waals surface area contributed by atoms with E-state index in [0.717, 1.165) is 23.9 Å². The molecule has 0 unspecified atom stereocenters. The first-order valence-corrected chi connectivity index (χ1v) is 15.2. The molecule has 0 amide bonds. The molecule has 2 heterocycles. The molecule has 3 aromatic carbocycles. The van der Waals surface area contributed by atoms with Gasteiger partial charge < -0.3 is 24.4 Å². The van der Waals surface area contributed by atoms with Crippen molar-refractivity contribution in [1.82, 2.24) is 14.9 Å². The minimum atomic E-state index is -0.563. The minimum absolute atomic E-state index is 0.0360. The van der Waals surface area contributed by atoms with Crippen molar-refractivity contribution in [2.24, 2.45) is 0 Å². The Kier molecular flexibility index (Phi) is 9.72. The summed E-state index contributed by atoms with van der Waals surface area (Å²) in [7, 11) is 1.54. The molecule has 1 N–H and O–H groups in total. The summed E-state index contributed by atoms with van der Waals surface area (Å²) in [5, 5.41) is 5.56. The van der Waals surface area contributed by atoms with Crippen LogP contribution in [0.2, 0.25) is 5.02 Å². The van der Waals surface area contributed by atoms with Crippen molar-refractivity contribution >= 4 is 51.0 Å². The van der Waals surface area contributed by atoms with E-state index in [0.29, 0.717) is 42.2 Å². The van der Waals surface area contributed by atoms with E-state index in [2.05, 4.69) is 40.9 Å². The van der Waals surface area contributed by atoms with Crippen LogP contribution in [0.15, 0.2) is 42.5 Å². The van der Waals surface area contributed by atoms with Gasteiger partial charge in [-0.25, -0.2) is 9.37 Å². The second kappa shape index (κ2) is 13.5. The fourth-order valence-electron chi connectivity index (χ4n) is 5.55. The van der Waals surface area contributed by atoms with Gasteiger partial charge in [0.2, 0.25) is 5.95 Å². The third-order valence-electron chi connectivity index (χ3n) is 7.76. The molecule has 1 aliphatic heterocycles. The Balaban J connectivity index is 1.63. The van der Waals surface area contributed by atoms with Crippen LogP contribution in [0, 0.1) is 5.82 Å². The number of ether oxygens (including phenoxy) is 3. The smallest absolute Gasteiger partial charge is 0.307 e. The molecule has 0 atom stereocenters. The average Bonchev–Trinajstić information content (AvgIpc) is 3.00. The van der Waals surface area contributed by atoms with Gasteiger partial charge in [0.15, 0.2) is 12.6 Å². The fraction of sp³-hybridized carbons (Fsp3) is 0.424. The highest BCUT2D eigenvalue weighted by molar-refractivity contribution is 6.35. The number of rotatable bonds is 10. The Hall–Kier alpha value is -3.73. The highest BCUT2D eigenvalue weighted by Gasteiger charge is 2.29. The van der Waals surface area contributed by atoms with E-state index in [9.17, 15) is 4.79 Å². The SMILES string of the molecule is CCOC(=O)CCNc1nc(N2CCN(C(C)(C)C)CC2)c2cc(Cl)c(-c3cc(OCOC)cc4ccccc34)c(F)c2n1. The molecule has 5 rings (SSSR count). The largest absolute Gasteiger partial charge is 0.468 e. The molecule has 0 spiro atoms. The Morgan fingerprint density at radius 1 is 1.07 bits per heavy atom. The summed E-state index contributed by atoms with van der Waals surface area (Å²) in [6, 6.07) is 13.1. The van der Waals surface area contributed by atoms with Crippen molar-refractivity contribution in [2.45, 2.75) is 39.7 Å². The van der Waals surface area contributed by atoms with Gasteiger partial charge in [0.05, 0.1) is 18.1 Å². The number of methoxy groups -OCH3 is 1. The normalized spacial score (nSPS) is 14.3. The lowest BCUT2D eigenvalue weighted by molar-refractivity contribution is -0.142. The lowest BCUT2D eigenvalue weighted by atomic mass is 9.96. The van der Waals surface area contributed by atoms with Gasteiger partial charge in [0.1, 0.15) is 17.1 Å². The Morgan fingerprint density at radius 2 is 1.82 bits per heavy atom. The molecule has 0 bridgehead atoms. The average molecular weight is 624 g/mol. The summed E-state index contributed by atoms with van der Waals surface area (Å²) in [4.78, 5) is 25.9. The molecule has 9 nitrogen and oxygen atoms in total. The number of nitrogens with zero attached hydrogens (tertiary/aromatic N) is 4. The van der Waals surface area contributed by atoms with Gasteiger partial charge >= 0.3 is 5.97 Å². The van der Waals surface area contributed by atoms with Crippen LogP contribution in [-0.4, -0.2) is 79.6 Å². The lowest BCUT2D eigenvalue weighted by Crippen LogP contribution is -2.53. The highest BCUT2D eigenvalue weighted by Crippen LogP contribution is 2.42. The standard InChI is InChI=1S/C33H39ClFN5O4/c1-6-43-27(41)11-12-36-32-37-30-25(31(38-32)39-13-15-40(16-14-39)33(2,3)4)19-26(34)28(29(30)35)24-18-22(44-20-42-5)17-21-9-7-8-10-23(21)24/h7-10,17-19H,6,11-16,20H2,1-5H3,(H,36,37,38). The van der Waals surface area contributed by atoms with Gasteiger partial charge in [-0.15, -0.1) is 0 Å². The van der Waals surface area contributed by atoms with E-state index < -0.39 is 5.82 Å². The van der Waals surface area contributed by atoms with Crippen molar-refractivity contribution in [2.75, 3.05) is 63.5 Å². The molecular formula is C33H39ClFN5O4. The summed E-state index contributed by atoms with van der Waals surface area (Å²) in [5.74, 6) is 0.451. The first-order chi connectivity index (χ1) is 21.1. The Labute approximate surface area is 262 Å². The first kappa shape index (κ1) is 31.7. The molecule has 11 heteroatoms. The van der Waals surface area contributed by atoms with E-state index in [1.165, 1.54) is 0 Å². The lowest BCUT2D eigenvalue weighted by Gasteiger charge is -2.42. The molecule has 1 aromatic heterocycles. The van der Waals surface area contributed by atoms with Crippen molar-refractivity contribution in [3.63, 3.8) is 0 Å². The van der Waals surface area contributed by atoms with Gasteiger partial charge in [-0.3, -0.25) is 9.69 Å². The van der Waals surface area contributed by atoms with Crippen molar-refractivity contribution in [1.29, 1.82) is 0 Å². The maximum Gasteiger partial charge on any atom is 0.307 e. The summed E-state index contributed by atoms with van der Waals surface area (Å²) in [5.41, 5.74) is 0.972. The molecule has 4 aromatic rings. The molecule has 1 aliphatic rings. The molecule has 1 saturated heterocycles. The topological polar surface area (TPSA) is 89.1 Å². The van der Waals surface area contributed by atoms with Crippen LogP contribution in [0.1, 0.15) is 34.1 Å². The number of carbonyl (C=O) groups is 1. The molecule has 0 saturated carbocycles. The number of piperazine rings is 1. The number of fused-ring (bicyclic) bond motifs is 2. The predicted octanol–water partition coefficient (Wildman–Crippen LogP) is 6.51. The quantitative estimate of drug-likeness (QED) is 0.157. The minimum Gasteiger partial charge on any atom is -0.468 e. The maximum atomic E-state index is 16.9. The van der Waals surface area contributed by atoms with Crippen molar-refractivity contribution in [3.8, 4) is 16.9 Å². The van der Waals surface area contributed by atoms with E-state index >= 15 is 4.39 Å². The van der Waals surface area contributed by atoms with Gasteiger partial charge in [-0.1, -0.05) is 35.9 Å². The molecule has 0 radical (unpaired) electrons. The predicted molar refractivity (Wildman–Crippen MR) is 173 cm³/mol. The van der Waals surface area contributed by atoms with Gasteiger partial charge in [0.25, 0.3) is 0 Å². The number of nitrogens with one attached hydrogen (secondary N) is 1. The summed E-state index contributed by atoms with van der Waals surface area (Å²) in [6.45, 7) is 12.0. The van der Waals surface area contributed by atoms with E-state index in [1.54, 1.807) is 26.2 Å². The van der Waals surface area contributed by atoms with E-state index in [1.807, 2.05) is 30.3 Å². The number of hydrogen-bond donors (Lipinski definition) is 1. The fourth-order valence-corrected chi connectivity index (χ4v) is 5.84. The van der Waals surface area contributed by atoms with Crippen LogP contribution in [0.4, 0.5) is 16.2 Å². The first-order valence-electron chi connectivity index (χ1n) is 14.8. The third kappa shape index (κ3) is 6.82. The number of esters is 1. The zero-order valence-electron chi connectivity index (χ0n) is 25.9. The molecular weight excluding hydrogens is 585 g/mol. The molecule has 44 heavy (non-hydrogen) atoms. The number of aromatic nitrogens is 2. The van der Waals surface area contributed by atoms with Crippen LogP contribution in [0.3, 0.4) is 0 Å². The number of halogens is 2. The van der Waals surface area contributed by atoms with Gasteiger partial charge in [0, 0.05) is 56.3 Å². The van der Waals surface area contributed by atoms with Crippen LogP contribution in [0.25, 0.3) is 32.8 Å². The zero-order chi connectivity index (χ0) is 31.4. The number of benzene rings is 3. The monoisotopic (exact) mass is 623 g/mol. The Bertz CT molecular complexity index is 1650. The zero-order valence-corrected chi connectivity index (χ0v) is 26.6. The number of carbonyl (C=O) groups excluding carboxylic acids is 1. The second-order valence-electron chi connectivity index (χ2n) is 11.7. The maximum absolute atomic E-state index is 16.9.